The normalized spacial score (nSPS) is 15.1. The van der Waals surface area contributed by atoms with Crippen molar-refractivity contribution in [3.05, 3.63) is 94.3 Å². The molecule has 5 aliphatic heterocycles. The first-order valence-electron chi connectivity index (χ1n) is 15.0. The van der Waals surface area contributed by atoms with E-state index in [4.69, 9.17) is 0 Å². The monoisotopic (exact) mass is 626 g/mol. The summed E-state index contributed by atoms with van der Waals surface area (Å²) in [7, 11) is 0. The van der Waals surface area contributed by atoms with E-state index < -0.39 is 0 Å². The van der Waals surface area contributed by atoms with Crippen LogP contribution in [0.2, 0.25) is 0 Å². The molecular weight excluding hydrogens is 610 g/mol. The standard InChI is InChI=1S/C36H16B2N2S4/c1-2-6-18-17(5-1)25-21-9-13-41-33(21)39-35-23(11-15-43-35)27-19-7-3-4-8-20(19)28-24-12-16-44-36(24)40-34-22(10-14-42-34)26(18)30-29(25)37(39)31(27)32(28)38(30)40/h1-16H. The third-order valence-electron chi connectivity index (χ3n) is 10.7. The molecule has 4 aromatic carbocycles. The highest BCUT2D eigenvalue weighted by Gasteiger charge is 2.58. The third kappa shape index (κ3) is 2.18. The molecule has 0 bridgehead atoms. The van der Waals surface area contributed by atoms with Crippen LogP contribution in [-0.2, 0) is 0 Å². The number of thiophene rings is 4. The average molecular weight is 626 g/mol. The molecule has 0 aliphatic carbocycles. The Morgan fingerprint density at radius 3 is 0.909 bits per heavy atom. The molecule has 0 spiro atoms. The Morgan fingerprint density at radius 1 is 0.364 bits per heavy atom. The van der Waals surface area contributed by atoms with Gasteiger partial charge in [0.05, 0.1) is 20.0 Å². The molecule has 9 heterocycles. The van der Waals surface area contributed by atoms with Gasteiger partial charge in [-0.05, 0) is 111 Å². The molecular formula is C36H16B2N2S4. The van der Waals surface area contributed by atoms with Gasteiger partial charge in [0.25, 0.3) is 0 Å². The fourth-order valence-electron chi connectivity index (χ4n) is 9.42. The zero-order chi connectivity index (χ0) is 28.0. The Labute approximate surface area is 269 Å². The maximum Gasteiger partial charge on any atom is 0.330 e. The van der Waals surface area contributed by atoms with Gasteiger partial charge in [-0.25, -0.2) is 0 Å². The molecule has 0 saturated heterocycles. The molecule has 44 heavy (non-hydrogen) atoms. The SMILES string of the molecule is c1ccc2c3c4c5c(c2c1)-c1ccsc1N1B5c2c5c(c6ccccc6c2-c2ccsc21)-c1ccsc1N(B45)c1sccc1-3. The smallest absolute Gasteiger partial charge is 0.330 e. The molecule has 0 amide bonds. The van der Waals surface area contributed by atoms with Gasteiger partial charge in [0.15, 0.2) is 0 Å². The van der Waals surface area contributed by atoms with Crippen LogP contribution in [0.1, 0.15) is 0 Å². The Hall–Kier alpha value is -4.07. The van der Waals surface area contributed by atoms with E-state index in [2.05, 4.69) is 104 Å². The molecule has 0 atom stereocenters. The van der Waals surface area contributed by atoms with E-state index in [1.165, 1.54) is 108 Å². The maximum absolute atomic E-state index is 2.74. The minimum atomic E-state index is 0.146. The molecule has 200 valence electrons. The van der Waals surface area contributed by atoms with Crippen molar-refractivity contribution in [2.45, 2.75) is 0 Å². The highest BCUT2D eigenvalue weighted by atomic mass is 32.1. The van der Waals surface area contributed by atoms with E-state index in [1.54, 1.807) is 0 Å². The van der Waals surface area contributed by atoms with Gasteiger partial charge in [0.2, 0.25) is 0 Å². The van der Waals surface area contributed by atoms with Crippen molar-refractivity contribution in [1.82, 2.24) is 0 Å². The van der Waals surface area contributed by atoms with Crippen LogP contribution in [0.25, 0.3) is 66.1 Å². The second-order valence-electron chi connectivity index (χ2n) is 12.3. The Kier molecular flexibility index (Phi) is 3.69. The Bertz CT molecular complexity index is 2310. The summed E-state index contributed by atoms with van der Waals surface area (Å²) in [5.41, 5.74) is 17.5. The van der Waals surface area contributed by atoms with Crippen LogP contribution in [0.15, 0.2) is 94.3 Å². The summed E-state index contributed by atoms with van der Waals surface area (Å²) in [4.78, 5) is 5.48. The maximum atomic E-state index is 2.74. The lowest BCUT2D eigenvalue weighted by Gasteiger charge is -2.52. The first kappa shape index (κ1) is 22.4. The largest absolute Gasteiger partial charge is 0.359 e. The number of fused-ring (bicyclic) bond motifs is 18. The summed E-state index contributed by atoms with van der Waals surface area (Å²) in [6.45, 7) is 0.292. The molecule has 5 aliphatic rings. The van der Waals surface area contributed by atoms with Gasteiger partial charge in [0, 0.05) is 22.3 Å². The van der Waals surface area contributed by atoms with E-state index in [0.717, 1.165) is 0 Å². The summed E-state index contributed by atoms with van der Waals surface area (Å²) < 4.78 is 0. The molecule has 0 unspecified atom stereocenters. The van der Waals surface area contributed by atoms with Crippen LogP contribution in [-0.4, -0.2) is 13.7 Å². The summed E-state index contributed by atoms with van der Waals surface area (Å²) in [5.74, 6) is 0. The molecule has 8 aromatic rings. The van der Waals surface area contributed by atoms with Crippen LogP contribution in [0.5, 0.6) is 0 Å². The third-order valence-corrected chi connectivity index (χ3v) is 14.4. The summed E-state index contributed by atoms with van der Waals surface area (Å²) in [5, 5.41) is 20.4. The molecule has 0 radical (unpaired) electrons. The molecule has 2 nitrogen and oxygen atoms in total. The molecule has 0 saturated carbocycles. The van der Waals surface area contributed by atoms with Gasteiger partial charge in [-0.3, -0.25) is 0 Å². The Balaban J connectivity index is 1.38. The lowest BCUT2D eigenvalue weighted by Crippen LogP contribution is -2.80. The highest BCUT2D eigenvalue weighted by Crippen LogP contribution is 2.58. The second-order valence-corrected chi connectivity index (χ2v) is 15.9. The van der Waals surface area contributed by atoms with E-state index in [1.807, 2.05) is 45.3 Å². The van der Waals surface area contributed by atoms with Gasteiger partial charge in [-0.2, -0.15) is 0 Å². The molecule has 0 N–H and O–H groups in total. The van der Waals surface area contributed by atoms with E-state index in [-0.39, 0.29) is 13.7 Å². The molecule has 8 heteroatoms. The number of nitrogens with zero attached hydrogens (tertiary/aromatic N) is 2. The van der Waals surface area contributed by atoms with Crippen LogP contribution in [0, 0.1) is 0 Å². The van der Waals surface area contributed by atoms with Gasteiger partial charge in [-0.15, -0.1) is 45.3 Å². The van der Waals surface area contributed by atoms with Crippen LogP contribution >= 0.6 is 45.3 Å². The summed E-state index contributed by atoms with van der Waals surface area (Å²) >= 11 is 7.61. The lowest BCUT2D eigenvalue weighted by molar-refractivity contribution is 1.42. The van der Waals surface area contributed by atoms with E-state index in [0.29, 0.717) is 0 Å². The van der Waals surface area contributed by atoms with Gasteiger partial charge in [0.1, 0.15) is 0 Å². The topological polar surface area (TPSA) is 6.48 Å². The fraction of sp³-hybridized carbons (Fsp3) is 0. The van der Waals surface area contributed by atoms with Gasteiger partial charge < -0.3 is 9.62 Å². The number of benzene rings is 4. The van der Waals surface area contributed by atoms with Crippen molar-refractivity contribution in [3.63, 3.8) is 0 Å². The van der Waals surface area contributed by atoms with E-state index in [9.17, 15) is 0 Å². The number of anilines is 4. The van der Waals surface area contributed by atoms with E-state index >= 15 is 0 Å². The predicted molar refractivity (Wildman–Crippen MR) is 195 cm³/mol. The minimum Gasteiger partial charge on any atom is -0.359 e. The summed E-state index contributed by atoms with van der Waals surface area (Å²) in [6, 6.07) is 28.1. The number of hydrogen-bond acceptors (Lipinski definition) is 6. The number of rotatable bonds is 0. The first-order valence-corrected chi connectivity index (χ1v) is 18.5. The van der Waals surface area contributed by atoms with Crippen LogP contribution in [0.4, 0.5) is 20.0 Å². The quantitative estimate of drug-likeness (QED) is 0.156. The fourth-order valence-corrected chi connectivity index (χ4v) is 13.3. The predicted octanol–water partition coefficient (Wildman–Crippen LogP) is 8.36. The number of hydrogen-bond donors (Lipinski definition) is 0. The van der Waals surface area contributed by atoms with Crippen molar-refractivity contribution in [2.75, 3.05) is 9.62 Å². The zero-order valence-electron chi connectivity index (χ0n) is 22.9. The first-order chi connectivity index (χ1) is 21.9. The Morgan fingerprint density at radius 2 is 0.636 bits per heavy atom. The van der Waals surface area contributed by atoms with Crippen LogP contribution in [0.3, 0.4) is 0 Å². The van der Waals surface area contributed by atoms with Gasteiger partial charge >= 0.3 is 13.7 Å². The average Bonchev–Trinajstić information content (AvgIpc) is 3.89. The van der Waals surface area contributed by atoms with Gasteiger partial charge in [-0.1, -0.05) is 48.5 Å². The summed E-state index contributed by atoms with van der Waals surface area (Å²) in [6.07, 6.45) is 0. The van der Waals surface area contributed by atoms with Crippen molar-refractivity contribution >= 4 is 122 Å². The molecule has 4 aromatic heterocycles. The minimum absolute atomic E-state index is 0.146. The zero-order valence-corrected chi connectivity index (χ0v) is 26.2. The highest BCUT2D eigenvalue weighted by molar-refractivity contribution is 7.24. The van der Waals surface area contributed by atoms with Crippen molar-refractivity contribution < 1.29 is 0 Å². The second kappa shape index (κ2) is 7.24. The van der Waals surface area contributed by atoms with Crippen molar-refractivity contribution in [1.29, 1.82) is 0 Å². The van der Waals surface area contributed by atoms with Crippen LogP contribution < -0.4 is 31.5 Å². The molecule has 13 rings (SSSR count). The van der Waals surface area contributed by atoms with Crippen molar-refractivity contribution in [3.8, 4) is 44.5 Å². The van der Waals surface area contributed by atoms with Crippen molar-refractivity contribution in [2.24, 2.45) is 0 Å². The lowest BCUT2D eigenvalue weighted by atomic mass is 9.26. The molecule has 0 fully saturated rings.